The predicted octanol–water partition coefficient (Wildman–Crippen LogP) is 23.2. The first kappa shape index (κ1) is 96.1. The molecule has 6 atom stereocenters. The number of phosphoric ester groups is 2. The average molecular weight is 1440 g/mol. The standard InChI is InChI=1S/C79H154O17P2/c1-9-72(8)58-50-42-34-25-21-16-14-12-10-11-13-15-17-22-26-35-43-51-59-76(81)89-65-74(95-78(83)61-53-45-37-27-23-19-18-20-24-31-39-47-55-69(2)3)67-93-97(85,86)91-63-73(80)64-92-98(87,88)94-68-75(96-79(84)62-54-46-38-30-33-41-49-57-71(6)7)66-90-77(82)60-52-44-36-29-28-32-40-48-56-70(4)5/h69-75,80H,9-68H2,1-8H3,(H,85,86)(H,87,88)/t72?,73?,74-,75-/m1/s1. The number of carbonyl (C=O) groups is 4. The Kier molecular flexibility index (Phi) is 66.8. The average Bonchev–Trinajstić information content (AvgIpc) is 0.959. The van der Waals surface area contributed by atoms with Crippen molar-refractivity contribution in [1.29, 1.82) is 0 Å². The van der Waals surface area contributed by atoms with Crippen LogP contribution < -0.4 is 0 Å². The van der Waals surface area contributed by atoms with Gasteiger partial charge < -0.3 is 33.8 Å². The van der Waals surface area contributed by atoms with Gasteiger partial charge in [-0.15, -0.1) is 0 Å². The monoisotopic (exact) mass is 1440 g/mol. The van der Waals surface area contributed by atoms with E-state index in [0.717, 1.165) is 108 Å². The summed E-state index contributed by atoms with van der Waals surface area (Å²) < 4.78 is 68.6. The van der Waals surface area contributed by atoms with Crippen molar-refractivity contribution < 1.29 is 80.2 Å². The molecule has 0 aliphatic rings. The summed E-state index contributed by atoms with van der Waals surface area (Å²) in [5.41, 5.74) is 0. The third-order valence-corrected chi connectivity index (χ3v) is 20.6. The van der Waals surface area contributed by atoms with Crippen LogP contribution >= 0.6 is 15.6 Å². The molecule has 0 heterocycles. The Morgan fingerprint density at radius 2 is 0.490 bits per heavy atom. The largest absolute Gasteiger partial charge is 0.472 e. The van der Waals surface area contributed by atoms with Gasteiger partial charge in [0.1, 0.15) is 19.3 Å². The van der Waals surface area contributed by atoms with Gasteiger partial charge in [-0.3, -0.25) is 37.3 Å². The van der Waals surface area contributed by atoms with Crippen LogP contribution in [0.1, 0.15) is 402 Å². The lowest BCUT2D eigenvalue weighted by atomic mass is 9.99. The van der Waals surface area contributed by atoms with Crippen molar-refractivity contribution >= 4 is 39.5 Å². The van der Waals surface area contributed by atoms with Gasteiger partial charge in [0.2, 0.25) is 0 Å². The number of hydrogen-bond donors (Lipinski definition) is 3. The highest BCUT2D eigenvalue weighted by molar-refractivity contribution is 7.47. The molecule has 0 fully saturated rings. The molecule has 0 saturated heterocycles. The molecule has 0 aromatic carbocycles. The van der Waals surface area contributed by atoms with Crippen molar-refractivity contribution in [3.63, 3.8) is 0 Å². The highest BCUT2D eigenvalue weighted by Gasteiger charge is 2.30. The molecule has 4 unspecified atom stereocenters. The van der Waals surface area contributed by atoms with Crippen molar-refractivity contribution in [3.05, 3.63) is 0 Å². The van der Waals surface area contributed by atoms with Gasteiger partial charge in [0.05, 0.1) is 26.4 Å². The second kappa shape index (κ2) is 68.2. The topological polar surface area (TPSA) is 237 Å². The Hall–Kier alpha value is -1.94. The maximum atomic E-state index is 13.1. The molecule has 0 aliphatic heterocycles. The number of aliphatic hydroxyl groups excluding tert-OH is 1. The third kappa shape index (κ3) is 71.1. The van der Waals surface area contributed by atoms with Crippen LogP contribution in [0.3, 0.4) is 0 Å². The fraction of sp³-hybridized carbons (Fsp3) is 0.949. The first-order valence-electron chi connectivity index (χ1n) is 40.7. The van der Waals surface area contributed by atoms with Crippen molar-refractivity contribution in [2.75, 3.05) is 39.6 Å². The van der Waals surface area contributed by atoms with Crippen LogP contribution in [0.5, 0.6) is 0 Å². The molecule has 0 rings (SSSR count). The number of ether oxygens (including phenoxy) is 4. The SMILES string of the molecule is CCC(C)CCCCCCCCCCCCCCCCCCCCC(=O)OC[C@H](COP(=O)(O)OCC(O)COP(=O)(O)OC[C@@H](COC(=O)CCCCCCCCCCC(C)C)OC(=O)CCCCCCCCCC(C)C)OC(=O)CCCCCCCCCCCCCCC(C)C. The molecular weight excluding hydrogens is 1280 g/mol. The first-order chi connectivity index (χ1) is 47.1. The second-order valence-electron chi connectivity index (χ2n) is 30.1. The van der Waals surface area contributed by atoms with Gasteiger partial charge in [-0.1, -0.05) is 351 Å². The summed E-state index contributed by atoms with van der Waals surface area (Å²) in [6.45, 7) is 14.2. The van der Waals surface area contributed by atoms with Crippen molar-refractivity contribution in [2.45, 2.75) is 420 Å². The maximum absolute atomic E-state index is 13.1. The summed E-state index contributed by atoms with van der Waals surface area (Å²) in [5.74, 6) is 0.952. The molecule has 0 aromatic heterocycles. The van der Waals surface area contributed by atoms with Gasteiger partial charge in [-0.2, -0.15) is 0 Å². The van der Waals surface area contributed by atoms with Crippen molar-refractivity contribution in [1.82, 2.24) is 0 Å². The fourth-order valence-corrected chi connectivity index (χ4v) is 13.6. The lowest BCUT2D eigenvalue weighted by Crippen LogP contribution is -2.30. The highest BCUT2D eigenvalue weighted by atomic mass is 31.2. The van der Waals surface area contributed by atoms with E-state index in [1.165, 1.54) is 205 Å². The smallest absolute Gasteiger partial charge is 0.462 e. The third-order valence-electron chi connectivity index (χ3n) is 18.7. The summed E-state index contributed by atoms with van der Waals surface area (Å²) in [4.78, 5) is 72.8. The molecule has 582 valence electrons. The molecule has 3 N–H and O–H groups in total. The molecule has 0 spiro atoms. The zero-order valence-electron chi connectivity index (χ0n) is 64.4. The molecule has 0 amide bonds. The second-order valence-corrected chi connectivity index (χ2v) is 33.0. The van der Waals surface area contributed by atoms with Crippen LogP contribution in [0.2, 0.25) is 0 Å². The number of esters is 4. The number of carbonyl (C=O) groups excluding carboxylic acids is 4. The van der Waals surface area contributed by atoms with Gasteiger partial charge in [0, 0.05) is 25.7 Å². The van der Waals surface area contributed by atoms with Crippen LogP contribution in [0.15, 0.2) is 0 Å². The minimum Gasteiger partial charge on any atom is -0.462 e. The minimum absolute atomic E-state index is 0.103. The van der Waals surface area contributed by atoms with E-state index in [9.17, 15) is 43.2 Å². The molecule has 19 heteroatoms. The lowest BCUT2D eigenvalue weighted by molar-refractivity contribution is -0.161. The van der Waals surface area contributed by atoms with E-state index in [2.05, 4.69) is 55.4 Å². The summed E-state index contributed by atoms with van der Waals surface area (Å²) >= 11 is 0. The van der Waals surface area contributed by atoms with E-state index in [-0.39, 0.29) is 25.7 Å². The molecule has 0 aromatic rings. The Labute approximate surface area is 600 Å². The Bertz CT molecular complexity index is 1920. The van der Waals surface area contributed by atoms with E-state index in [0.29, 0.717) is 31.6 Å². The van der Waals surface area contributed by atoms with Gasteiger partial charge in [-0.05, 0) is 49.4 Å². The zero-order valence-corrected chi connectivity index (χ0v) is 66.2. The van der Waals surface area contributed by atoms with E-state index in [1.807, 2.05) is 0 Å². The molecular formula is C79H154O17P2. The Morgan fingerprint density at radius 3 is 0.724 bits per heavy atom. The van der Waals surface area contributed by atoms with Crippen LogP contribution in [0.4, 0.5) is 0 Å². The number of rotatable bonds is 76. The number of phosphoric acid groups is 2. The highest BCUT2D eigenvalue weighted by Crippen LogP contribution is 2.45. The maximum Gasteiger partial charge on any atom is 0.472 e. The minimum atomic E-state index is -4.96. The summed E-state index contributed by atoms with van der Waals surface area (Å²) in [6, 6.07) is 0. The lowest BCUT2D eigenvalue weighted by Gasteiger charge is -2.21. The van der Waals surface area contributed by atoms with Gasteiger partial charge in [-0.25, -0.2) is 9.13 Å². The summed E-state index contributed by atoms with van der Waals surface area (Å²) in [7, 11) is -9.91. The number of aliphatic hydroxyl groups is 1. The quantitative estimate of drug-likeness (QED) is 0.0222. The number of unbranched alkanes of at least 4 members (excludes halogenated alkanes) is 41. The van der Waals surface area contributed by atoms with Gasteiger partial charge in [0.25, 0.3) is 0 Å². The fourth-order valence-electron chi connectivity index (χ4n) is 12.0. The van der Waals surface area contributed by atoms with Crippen LogP contribution in [-0.2, 0) is 65.4 Å². The Morgan fingerprint density at radius 1 is 0.286 bits per heavy atom. The molecule has 0 saturated carbocycles. The van der Waals surface area contributed by atoms with E-state index >= 15 is 0 Å². The molecule has 17 nitrogen and oxygen atoms in total. The molecule has 0 radical (unpaired) electrons. The molecule has 0 aliphatic carbocycles. The zero-order chi connectivity index (χ0) is 72.4. The van der Waals surface area contributed by atoms with Gasteiger partial charge >= 0.3 is 39.5 Å². The summed E-state index contributed by atoms with van der Waals surface area (Å²) in [5, 5.41) is 10.6. The van der Waals surface area contributed by atoms with E-state index in [4.69, 9.17) is 37.0 Å². The number of hydrogen-bond acceptors (Lipinski definition) is 15. The Balaban J connectivity index is 5.18. The van der Waals surface area contributed by atoms with E-state index < -0.39 is 97.5 Å². The first-order valence-corrected chi connectivity index (χ1v) is 43.7. The summed E-state index contributed by atoms with van der Waals surface area (Å²) in [6.07, 6.45) is 54.4. The van der Waals surface area contributed by atoms with Crippen LogP contribution in [0.25, 0.3) is 0 Å². The predicted molar refractivity (Wildman–Crippen MR) is 400 cm³/mol. The van der Waals surface area contributed by atoms with Crippen molar-refractivity contribution in [2.24, 2.45) is 23.7 Å². The normalized spacial score (nSPS) is 14.3. The van der Waals surface area contributed by atoms with Crippen LogP contribution in [-0.4, -0.2) is 96.7 Å². The molecule has 0 bridgehead atoms. The van der Waals surface area contributed by atoms with Crippen molar-refractivity contribution in [3.8, 4) is 0 Å². The van der Waals surface area contributed by atoms with Gasteiger partial charge in [0.15, 0.2) is 12.2 Å². The van der Waals surface area contributed by atoms with E-state index in [1.54, 1.807) is 0 Å². The van der Waals surface area contributed by atoms with Crippen LogP contribution in [0, 0.1) is 23.7 Å². The molecule has 98 heavy (non-hydrogen) atoms.